The lowest BCUT2D eigenvalue weighted by Crippen LogP contribution is -2.32. The first-order valence-corrected chi connectivity index (χ1v) is 5.57. The van der Waals surface area contributed by atoms with Gasteiger partial charge < -0.3 is 10.2 Å². The molecule has 1 aliphatic carbocycles. The zero-order chi connectivity index (χ0) is 9.73. The van der Waals surface area contributed by atoms with Crippen LogP contribution in [0.1, 0.15) is 58.3 Å². The fourth-order valence-corrected chi connectivity index (χ4v) is 2.10. The Morgan fingerprint density at radius 1 is 1.23 bits per heavy atom. The van der Waals surface area contributed by atoms with Gasteiger partial charge in [-0.2, -0.15) is 0 Å². The molecule has 0 aliphatic heterocycles. The first-order chi connectivity index (χ1) is 6.16. The van der Waals surface area contributed by atoms with E-state index in [0.29, 0.717) is 0 Å². The van der Waals surface area contributed by atoms with Gasteiger partial charge in [-0.1, -0.05) is 26.2 Å². The maximum atomic E-state index is 10.1. The molecule has 1 aliphatic rings. The SMILES string of the molecule is CC[C@@H](O)CCC1(O)CCCCC1. The van der Waals surface area contributed by atoms with Gasteiger partial charge in [0.25, 0.3) is 0 Å². The summed E-state index contributed by atoms with van der Waals surface area (Å²) in [5.41, 5.74) is -0.450. The molecule has 2 nitrogen and oxygen atoms in total. The molecule has 0 unspecified atom stereocenters. The van der Waals surface area contributed by atoms with Crippen molar-refractivity contribution < 1.29 is 10.2 Å². The molecule has 1 rings (SSSR count). The van der Waals surface area contributed by atoms with E-state index in [9.17, 15) is 10.2 Å². The van der Waals surface area contributed by atoms with Gasteiger partial charge >= 0.3 is 0 Å². The number of hydrogen-bond acceptors (Lipinski definition) is 2. The molecular formula is C11H22O2. The first kappa shape index (κ1) is 11.0. The van der Waals surface area contributed by atoms with Crippen molar-refractivity contribution in [3.8, 4) is 0 Å². The molecule has 0 amide bonds. The lowest BCUT2D eigenvalue weighted by molar-refractivity contribution is -0.0158. The smallest absolute Gasteiger partial charge is 0.0648 e. The minimum atomic E-state index is -0.450. The molecule has 0 radical (unpaired) electrons. The van der Waals surface area contributed by atoms with E-state index in [1.807, 2.05) is 6.92 Å². The van der Waals surface area contributed by atoms with Gasteiger partial charge in [-0.15, -0.1) is 0 Å². The number of aliphatic hydroxyl groups is 2. The van der Waals surface area contributed by atoms with E-state index in [4.69, 9.17) is 0 Å². The van der Waals surface area contributed by atoms with Crippen LogP contribution < -0.4 is 0 Å². The second-order valence-corrected chi connectivity index (χ2v) is 4.39. The fourth-order valence-electron chi connectivity index (χ4n) is 2.10. The molecule has 1 fully saturated rings. The first-order valence-electron chi connectivity index (χ1n) is 5.57. The molecular weight excluding hydrogens is 164 g/mol. The van der Waals surface area contributed by atoms with Crippen molar-refractivity contribution in [1.82, 2.24) is 0 Å². The Kier molecular flexibility index (Phi) is 4.20. The topological polar surface area (TPSA) is 40.5 Å². The van der Waals surface area contributed by atoms with Crippen LogP contribution in [0.5, 0.6) is 0 Å². The fraction of sp³-hybridized carbons (Fsp3) is 1.00. The van der Waals surface area contributed by atoms with Crippen LogP contribution in [-0.4, -0.2) is 21.9 Å². The third-order valence-corrected chi connectivity index (χ3v) is 3.20. The Bertz CT molecular complexity index is 139. The molecule has 0 bridgehead atoms. The van der Waals surface area contributed by atoms with E-state index in [2.05, 4.69) is 0 Å². The maximum Gasteiger partial charge on any atom is 0.0648 e. The van der Waals surface area contributed by atoms with Crippen LogP contribution in [0.2, 0.25) is 0 Å². The van der Waals surface area contributed by atoms with Crippen LogP contribution in [-0.2, 0) is 0 Å². The Morgan fingerprint density at radius 3 is 2.38 bits per heavy atom. The third-order valence-electron chi connectivity index (χ3n) is 3.20. The third kappa shape index (κ3) is 3.65. The highest BCUT2D eigenvalue weighted by atomic mass is 16.3. The molecule has 2 N–H and O–H groups in total. The minimum absolute atomic E-state index is 0.217. The Labute approximate surface area is 81.0 Å². The van der Waals surface area contributed by atoms with Gasteiger partial charge in [-0.05, 0) is 32.1 Å². The molecule has 0 saturated heterocycles. The van der Waals surface area contributed by atoms with Crippen LogP contribution in [0.3, 0.4) is 0 Å². The monoisotopic (exact) mass is 186 g/mol. The van der Waals surface area contributed by atoms with E-state index >= 15 is 0 Å². The Morgan fingerprint density at radius 2 is 1.85 bits per heavy atom. The van der Waals surface area contributed by atoms with Crippen molar-refractivity contribution in [3.63, 3.8) is 0 Å². The largest absolute Gasteiger partial charge is 0.393 e. The molecule has 78 valence electrons. The quantitative estimate of drug-likeness (QED) is 0.707. The summed E-state index contributed by atoms with van der Waals surface area (Å²) in [4.78, 5) is 0. The van der Waals surface area contributed by atoms with Gasteiger partial charge in [-0.3, -0.25) is 0 Å². The van der Waals surface area contributed by atoms with Gasteiger partial charge in [0, 0.05) is 0 Å². The van der Waals surface area contributed by atoms with E-state index in [1.165, 1.54) is 6.42 Å². The zero-order valence-corrected chi connectivity index (χ0v) is 8.63. The van der Waals surface area contributed by atoms with Gasteiger partial charge in [0.05, 0.1) is 11.7 Å². The zero-order valence-electron chi connectivity index (χ0n) is 8.63. The van der Waals surface area contributed by atoms with Crippen molar-refractivity contribution >= 4 is 0 Å². The molecule has 0 heterocycles. The van der Waals surface area contributed by atoms with E-state index in [0.717, 1.165) is 44.9 Å². The second-order valence-electron chi connectivity index (χ2n) is 4.39. The summed E-state index contributed by atoms with van der Waals surface area (Å²) < 4.78 is 0. The normalized spacial score (nSPS) is 24.2. The highest BCUT2D eigenvalue weighted by Gasteiger charge is 2.28. The Balaban J connectivity index is 2.24. The van der Waals surface area contributed by atoms with Crippen LogP contribution in [0.4, 0.5) is 0 Å². The van der Waals surface area contributed by atoms with Crippen molar-refractivity contribution in [2.45, 2.75) is 70.0 Å². The molecule has 1 atom stereocenters. The summed E-state index contributed by atoms with van der Waals surface area (Å²) in [6.45, 7) is 1.98. The molecule has 2 heteroatoms. The Hall–Kier alpha value is -0.0800. The van der Waals surface area contributed by atoms with Crippen LogP contribution in [0.15, 0.2) is 0 Å². The highest BCUT2D eigenvalue weighted by Crippen LogP contribution is 2.32. The van der Waals surface area contributed by atoms with Crippen molar-refractivity contribution in [1.29, 1.82) is 0 Å². The molecule has 0 spiro atoms. The van der Waals surface area contributed by atoms with E-state index in [1.54, 1.807) is 0 Å². The second kappa shape index (κ2) is 4.97. The average Bonchev–Trinajstić information content (AvgIpc) is 2.15. The molecule has 0 aromatic carbocycles. The summed E-state index contributed by atoms with van der Waals surface area (Å²) in [5, 5.41) is 19.5. The summed E-state index contributed by atoms with van der Waals surface area (Å²) in [7, 11) is 0. The van der Waals surface area contributed by atoms with Crippen LogP contribution in [0.25, 0.3) is 0 Å². The van der Waals surface area contributed by atoms with E-state index in [-0.39, 0.29) is 6.10 Å². The standard InChI is InChI=1S/C11H22O2/c1-2-10(12)6-9-11(13)7-4-3-5-8-11/h10,12-13H,2-9H2,1H3/t10-/m1/s1. The molecule has 0 aromatic rings. The van der Waals surface area contributed by atoms with Crippen LogP contribution in [0, 0.1) is 0 Å². The van der Waals surface area contributed by atoms with Crippen LogP contribution >= 0.6 is 0 Å². The highest BCUT2D eigenvalue weighted by molar-refractivity contribution is 4.82. The average molecular weight is 186 g/mol. The summed E-state index contributed by atoms with van der Waals surface area (Å²) in [5.74, 6) is 0. The molecule has 0 aromatic heterocycles. The van der Waals surface area contributed by atoms with E-state index < -0.39 is 5.60 Å². The van der Waals surface area contributed by atoms with Crippen molar-refractivity contribution in [3.05, 3.63) is 0 Å². The molecule has 13 heavy (non-hydrogen) atoms. The minimum Gasteiger partial charge on any atom is -0.393 e. The maximum absolute atomic E-state index is 10.1. The number of hydrogen-bond donors (Lipinski definition) is 2. The van der Waals surface area contributed by atoms with Gasteiger partial charge in [0.2, 0.25) is 0 Å². The summed E-state index contributed by atoms with van der Waals surface area (Å²) >= 11 is 0. The van der Waals surface area contributed by atoms with Crippen molar-refractivity contribution in [2.24, 2.45) is 0 Å². The summed E-state index contributed by atoms with van der Waals surface area (Å²) in [6, 6.07) is 0. The summed E-state index contributed by atoms with van der Waals surface area (Å²) in [6.07, 6.45) is 7.56. The lowest BCUT2D eigenvalue weighted by atomic mass is 9.81. The van der Waals surface area contributed by atoms with Crippen molar-refractivity contribution in [2.75, 3.05) is 0 Å². The number of rotatable bonds is 4. The predicted octanol–water partition coefficient (Wildman–Crippen LogP) is 2.23. The lowest BCUT2D eigenvalue weighted by Gasteiger charge is -2.32. The van der Waals surface area contributed by atoms with Gasteiger partial charge in [0.1, 0.15) is 0 Å². The van der Waals surface area contributed by atoms with Gasteiger partial charge in [-0.25, -0.2) is 0 Å². The van der Waals surface area contributed by atoms with Gasteiger partial charge in [0.15, 0.2) is 0 Å². The molecule has 1 saturated carbocycles. The number of aliphatic hydroxyl groups excluding tert-OH is 1. The predicted molar refractivity (Wildman–Crippen MR) is 53.6 cm³/mol.